The highest BCUT2D eigenvalue weighted by atomic mass is 32.2. The Hall–Kier alpha value is -2.48. The van der Waals surface area contributed by atoms with Gasteiger partial charge in [-0.2, -0.15) is 8.42 Å². The van der Waals surface area contributed by atoms with E-state index in [1.54, 1.807) is 24.0 Å². The summed E-state index contributed by atoms with van der Waals surface area (Å²) in [6, 6.07) is 7.14. The summed E-state index contributed by atoms with van der Waals surface area (Å²) >= 11 is 0. The van der Waals surface area contributed by atoms with Crippen LogP contribution >= 0.6 is 0 Å². The van der Waals surface area contributed by atoms with Crippen molar-refractivity contribution in [2.75, 3.05) is 0 Å². The molecule has 1 aromatic heterocycles. The van der Waals surface area contributed by atoms with Crippen LogP contribution in [0.3, 0.4) is 0 Å². The zero-order valence-corrected chi connectivity index (χ0v) is 12.1. The van der Waals surface area contributed by atoms with Gasteiger partial charge in [0.05, 0.1) is 17.4 Å². The van der Waals surface area contributed by atoms with Gasteiger partial charge in [-0.1, -0.05) is 6.07 Å². The quantitative estimate of drug-likeness (QED) is 0.695. The smallest absolute Gasteiger partial charge is 0.345 e. The standard InChI is InChI=1S/C14H10F2N2O3S/c1-18-8-17-12-7-9(5-6-13(12)18)21-22(19,20)14-10(15)3-2-4-11(14)16/h2-8H,1H3. The van der Waals surface area contributed by atoms with E-state index in [-0.39, 0.29) is 5.75 Å². The SMILES string of the molecule is Cn1cnc2cc(OS(=O)(=O)c3c(F)cccc3F)ccc21. The van der Waals surface area contributed by atoms with Gasteiger partial charge < -0.3 is 8.75 Å². The van der Waals surface area contributed by atoms with E-state index in [0.29, 0.717) is 5.52 Å². The largest absolute Gasteiger partial charge is 0.379 e. The molecule has 0 saturated heterocycles. The lowest BCUT2D eigenvalue weighted by Crippen LogP contribution is -2.13. The van der Waals surface area contributed by atoms with Crippen LogP contribution in [0.4, 0.5) is 8.78 Å². The molecule has 8 heteroatoms. The van der Waals surface area contributed by atoms with E-state index in [2.05, 4.69) is 4.98 Å². The number of imidazole rings is 1. The highest BCUT2D eigenvalue weighted by Gasteiger charge is 2.26. The fraction of sp³-hybridized carbons (Fsp3) is 0.0714. The Labute approximate surface area is 124 Å². The Morgan fingerprint density at radius 2 is 1.82 bits per heavy atom. The van der Waals surface area contributed by atoms with Crippen LogP contribution in [0.1, 0.15) is 0 Å². The summed E-state index contributed by atoms with van der Waals surface area (Å²) in [6.07, 6.45) is 1.56. The summed E-state index contributed by atoms with van der Waals surface area (Å²) in [5.74, 6) is -2.49. The Morgan fingerprint density at radius 1 is 1.14 bits per heavy atom. The molecule has 0 saturated carbocycles. The molecule has 22 heavy (non-hydrogen) atoms. The van der Waals surface area contributed by atoms with Crippen molar-refractivity contribution in [3.8, 4) is 5.75 Å². The molecule has 2 aromatic carbocycles. The van der Waals surface area contributed by atoms with E-state index in [1.807, 2.05) is 0 Å². The molecule has 3 rings (SSSR count). The van der Waals surface area contributed by atoms with Gasteiger partial charge in [0.1, 0.15) is 17.4 Å². The second-order valence-electron chi connectivity index (χ2n) is 4.59. The van der Waals surface area contributed by atoms with E-state index < -0.39 is 26.6 Å². The van der Waals surface area contributed by atoms with E-state index in [0.717, 1.165) is 23.7 Å². The molecule has 0 spiro atoms. The summed E-state index contributed by atoms with van der Waals surface area (Å²) in [5, 5.41) is 0. The van der Waals surface area contributed by atoms with Crippen molar-refractivity contribution in [1.82, 2.24) is 9.55 Å². The number of hydrogen-bond acceptors (Lipinski definition) is 4. The van der Waals surface area contributed by atoms with Gasteiger partial charge in [0.2, 0.25) is 0 Å². The van der Waals surface area contributed by atoms with Gasteiger partial charge in [-0.25, -0.2) is 13.8 Å². The summed E-state index contributed by atoms with van der Waals surface area (Å²) < 4.78 is 57.8. The van der Waals surface area contributed by atoms with Gasteiger partial charge >= 0.3 is 10.1 Å². The molecule has 0 N–H and O–H groups in total. The lowest BCUT2D eigenvalue weighted by Gasteiger charge is -2.08. The predicted molar refractivity (Wildman–Crippen MR) is 74.9 cm³/mol. The third-order valence-electron chi connectivity index (χ3n) is 3.07. The van der Waals surface area contributed by atoms with Crippen LogP contribution in [0.15, 0.2) is 47.6 Å². The molecular weight excluding hydrogens is 314 g/mol. The number of halogens is 2. The normalized spacial score (nSPS) is 11.8. The zero-order valence-electron chi connectivity index (χ0n) is 11.3. The number of rotatable bonds is 3. The van der Waals surface area contributed by atoms with Crippen molar-refractivity contribution in [3.05, 3.63) is 54.4 Å². The molecule has 0 bridgehead atoms. The van der Waals surface area contributed by atoms with Crippen LogP contribution in [0, 0.1) is 11.6 Å². The molecule has 0 aliphatic rings. The van der Waals surface area contributed by atoms with Crippen molar-refractivity contribution in [1.29, 1.82) is 0 Å². The van der Waals surface area contributed by atoms with Crippen molar-refractivity contribution in [2.45, 2.75) is 4.90 Å². The minimum Gasteiger partial charge on any atom is -0.379 e. The molecule has 0 unspecified atom stereocenters. The Balaban J connectivity index is 2.03. The Bertz CT molecular complexity index is 947. The van der Waals surface area contributed by atoms with E-state index in [9.17, 15) is 17.2 Å². The van der Waals surface area contributed by atoms with Crippen molar-refractivity contribution >= 4 is 21.2 Å². The number of aryl methyl sites for hydroxylation is 1. The van der Waals surface area contributed by atoms with Crippen LogP contribution in [0.25, 0.3) is 11.0 Å². The average molecular weight is 324 g/mol. The Kier molecular flexibility index (Phi) is 3.32. The monoisotopic (exact) mass is 324 g/mol. The number of aromatic nitrogens is 2. The number of fused-ring (bicyclic) bond motifs is 1. The second-order valence-corrected chi connectivity index (χ2v) is 6.08. The van der Waals surface area contributed by atoms with Gasteiger partial charge in [0.25, 0.3) is 0 Å². The summed E-state index contributed by atoms with van der Waals surface area (Å²) in [6.45, 7) is 0. The molecular formula is C14H10F2N2O3S. The highest BCUT2D eigenvalue weighted by Crippen LogP contribution is 2.25. The fourth-order valence-corrected chi connectivity index (χ4v) is 3.11. The van der Waals surface area contributed by atoms with Gasteiger partial charge in [-0.05, 0) is 24.3 Å². The van der Waals surface area contributed by atoms with Crippen molar-refractivity contribution < 1.29 is 21.4 Å². The molecule has 1 heterocycles. The molecule has 0 aliphatic heterocycles. The number of hydrogen-bond donors (Lipinski definition) is 0. The Morgan fingerprint density at radius 3 is 2.50 bits per heavy atom. The fourth-order valence-electron chi connectivity index (χ4n) is 2.06. The maximum absolute atomic E-state index is 13.6. The van der Waals surface area contributed by atoms with E-state index in [1.165, 1.54) is 12.1 Å². The number of nitrogens with zero attached hydrogens (tertiary/aromatic N) is 2. The lowest BCUT2D eigenvalue weighted by atomic mass is 10.3. The maximum atomic E-state index is 13.6. The van der Waals surface area contributed by atoms with Gasteiger partial charge in [-0.15, -0.1) is 0 Å². The second kappa shape index (κ2) is 5.06. The van der Waals surface area contributed by atoms with Crippen LogP contribution in [0.2, 0.25) is 0 Å². The predicted octanol–water partition coefficient (Wildman–Crippen LogP) is 2.62. The summed E-state index contributed by atoms with van der Waals surface area (Å²) in [4.78, 5) is 2.94. The first-order valence-electron chi connectivity index (χ1n) is 6.18. The first-order chi connectivity index (χ1) is 10.4. The lowest BCUT2D eigenvalue weighted by molar-refractivity contribution is 0.460. The van der Waals surface area contributed by atoms with Crippen molar-refractivity contribution in [2.24, 2.45) is 7.05 Å². The van der Waals surface area contributed by atoms with Crippen LogP contribution in [0.5, 0.6) is 5.75 Å². The molecule has 0 radical (unpaired) electrons. The number of benzene rings is 2. The third kappa shape index (κ3) is 2.41. The summed E-state index contributed by atoms with van der Waals surface area (Å²) in [7, 11) is -2.84. The van der Waals surface area contributed by atoms with E-state index >= 15 is 0 Å². The minimum atomic E-state index is -4.62. The van der Waals surface area contributed by atoms with E-state index in [4.69, 9.17) is 4.18 Å². The molecule has 0 fully saturated rings. The van der Waals surface area contributed by atoms with Crippen molar-refractivity contribution in [3.63, 3.8) is 0 Å². The summed E-state index contributed by atoms with van der Waals surface area (Å²) in [5.41, 5.74) is 1.27. The molecule has 0 amide bonds. The van der Waals surface area contributed by atoms with Gasteiger partial charge in [-0.3, -0.25) is 0 Å². The minimum absolute atomic E-state index is 0.0751. The third-order valence-corrected chi connectivity index (χ3v) is 4.37. The zero-order chi connectivity index (χ0) is 15.9. The molecule has 114 valence electrons. The molecule has 3 aromatic rings. The van der Waals surface area contributed by atoms with Gasteiger partial charge in [0, 0.05) is 13.1 Å². The molecule has 0 atom stereocenters. The van der Waals surface area contributed by atoms with Crippen LogP contribution in [-0.2, 0) is 17.2 Å². The topological polar surface area (TPSA) is 61.2 Å². The highest BCUT2D eigenvalue weighted by molar-refractivity contribution is 7.87. The first-order valence-corrected chi connectivity index (χ1v) is 7.59. The van der Waals surface area contributed by atoms with Crippen LogP contribution < -0.4 is 4.18 Å². The molecule has 5 nitrogen and oxygen atoms in total. The molecule has 0 aliphatic carbocycles. The first kappa shape index (κ1) is 14.5. The maximum Gasteiger partial charge on any atom is 0.345 e. The average Bonchev–Trinajstić information content (AvgIpc) is 2.79. The van der Waals surface area contributed by atoms with Crippen LogP contribution in [-0.4, -0.2) is 18.0 Å². The van der Waals surface area contributed by atoms with Gasteiger partial charge in [0.15, 0.2) is 4.90 Å².